The van der Waals surface area contributed by atoms with Crippen LogP contribution >= 0.6 is 23.7 Å². The average Bonchev–Trinajstić information content (AvgIpc) is 2.98. The molecular formula is C20H25ClN2O4S. The summed E-state index contributed by atoms with van der Waals surface area (Å²) in [6.45, 7) is 5.59. The third kappa shape index (κ3) is 5.25. The van der Waals surface area contributed by atoms with Crippen molar-refractivity contribution < 1.29 is 19.1 Å². The first-order valence-corrected chi connectivity index (χ1v) is 9.79. The van der Waals surface area contributed by atoms with E-state index in [9.17, 15) is 9.59 Å². The fourth-order valence-electron chi connectivity index (χ4n) is 2.98. The van der Waals surface area contributed by atoms with Crippen LogP contribution in [0.25, 0.3) is 0 Å². The first kappa shape index (κ1) is 22.2. The van der Waals surface area contributed by atoms with Crippen molar-refractivity contribution in [2.75, 3.05) is 32.1 Å². The Kier molecular flexibility index (Phi) is 7.86. The number of rotatable bonds is 6. The summed E-state index contributed by atoms with van der Waals surface area (Å²) >= 11 is 1.44. The van der Waals surface area contributed by atoms with Crippen molar-refractivity contribution in [2.24, 2.45) is 0 Å². The highest BCUT2D eigenvalue weighted by Crippen LogP contribution is 2.37. The third-order valence-electron chi connectivity index (χ3n) is 4.37. The molecule has 6 nitrogen and oxygen atoms in total. The number of benzene rings is 1. The maximum absolute atomic E-state index is 12.5. The van der Waals surface area contributed by atoms with Crippen molar-refractivity contribution in [1.82, 2.24) is 4.90 Å². The molecule has 0 aliphatic carbocycles. The second-order valence-corrected chi connectivity index (χ2v) is 7.67. The van der Waals surface area contributed by atoms with Gasteiger partial charge in [0.15, 0.2) is 6.61 Å². The fourth-order valence-corrected chi connectivity index (χ4v) is 4.32. The van der Waals surface area contributed by atoms with Gasteiger partial charge in [0.05, 0.1) is 12.2 Å². The largest absolute Gasteiger partial charge is 0.484 e. The van der Waals surface area contributed by atoms with Gasteiger partial charge < -0.3 is 19.7 Å². The molecule has 28 heavy (non-hydrogen) atoms. The molecule has 1 aliphatic heterocycles. The van der Waals surface area contributed by atoms with Gasteiger partial charge in [-0.1, -0.05) is 17.7 Å². The quantitative estimate of drug-likeness (QED) is 0.717. The first-order chi connectivity index (χ1) is 13.0. The van der Waals surface area contributed by atoms with E-state index in [1.54, 1.807) is 6.92 Å². The van der Waals surface area contributed by atoms with E-state index in [1.165, 1.54) is 11.3 Å². The number of carbonyl (C=O) groups excluding carboxylic acids is 2. The van der Waals surface area contributed by atoms with Crippen LogP contribution in [0.2, 0.25) is 0 Å². The number of nitrogens with one attached hydrogen (secondary N) is 1. The molecule has 0 unspecified atom stereocenters. The summed E-state index contributed by atoms with van der Waals surface area (Å²) in [7, 11) is 2.04. The van der Waals surface area contributed by atoms with Crippen LogP contribution in [-0.4, -0.2) is 43.6 Å². The number of hydrogen-bond acceptors (Lipinski definition) is 6. The number of likely N-dealkylation sites (N-methyl/N-ethyl adjacent to an activating group) is 1. The van der Waals surface area contributed by atoms with Crippen molar-refractivity contribution >= 4 is 40.6 Å². The molecule has 1 aromatic heterocycles. The molecule has 3 rings (SSSR count). The Morgan fingerprint density at radius 2 is 1.96 bits per heavy atom. The minimum Gasteiger partial charge on any atom is -0.484 e. The Bertz CT molecular complexity index is 835. The second kappa shape index (κ2) is 9.91. The van der Waals surface area contributed by atoms with Crippen LogP contribution in [0.3, 0.4) is 0 Å². The Balaban J connectivity index is 0.00000280. The molecule has 1 N–H and O–H groups in total. The molecule has 1 aromatic carbocycles. The molecule has 0 saturated carbocycles. The molecule has 0 spiro atoms. The standard InChI is InChI=1S/C20H24N2O4S.ClH/c1-4-25-20(24)18-15-9-10-22(3)11-16(15)27-19(18)21-17(23)12-26-14-7-5-13(2)6-8-14;/h5-8H,4,9-12H2,1-3H3,(H,21,23);1H. The molecule has 1 aliphatic rings. The minimum absolute atomic E-state index is 0. The van der Waals surface area contributed by atoms with E-state index < -0.39 is 0 Å². The van der Waals surface area contributed by atoms with E-state index in [4.69, 9.17) is 9.47 Å². The third-order valence-corrected chi connectivity index (χ3v) is 5.50. The van der Waals surface area contributed by atoms with Crippen molar-refractivity contribution in [3.05, 3.63) is 45.8 Å². The summed E-state index contributed by atoms with van der Waals surface area (Å²) in [6.07, 6.45) is 0.770. The highest BCUT2D eigenvalue weighted by Gasteiger charge is 2.28. The number of aryl methyl sites for hydroxylation is 1. The number of esters is 1. The van der Waals surface area contributed by atoms with Gasteiger partial charge in [-0.25, -0.2) is 4.79 Å². The lowest BCUT2D eigenvalue weighted by Crippen LogP contribution is -2.26. The second-order valence-electron chi connectivity index (χ2n) is 6.57. The first-order valence-electron chi connectivity index (χ1n) is 8.97. The number of hydrogen-bond donors (Lipinski definition) is 1. The predicted octanol–water partition coefficient (Wildman–Crippen LogP) is 3.66. The van der Waals surface area contributed by atoms with E-state index in [2.05, 4.69) is 10.2 Å². The van der Waals surface area contributed by atoms with Gasteiger partial charge in [-0.3, -0.25) is 4.79 Å². The predicted molar refractivity (Wildman–Crippen MR) is 113 cm³/mol. The van der Waals surface area contributed by atoms with Gasteiger partial charge in [0, 0.05) is 18.0 Å². The fraction of sp³-hybridized carbons (Fsp3) is 0.400. The number of halogens is 1. The number of ether oxygens (including phenoxy) is 2. The molecular weight excluding hydrogens is 400 g/mol. The number of carbonyl (C=O) groups is 2. The molecule has 0 saturated heterocycles. The Morgan fingerprint density at radius 3 is 2.64 bits per heavy atom. The maximum atomic E-state index is 12.5. The lowest BCUT2D eigenvalue weighted by atomic mass is 10.0. The van der Waals surface area contributed by atoms with Gasteiger partial charge in [0.2, 0.25) is 0 Å². The van der Waals surface area contributed by atoms with Gasteiger partial charge in [-0.2, -0.15) is 0 Å². The van der Waals surface area contributed by atoms with Gasteiger partial charge in [0.1, 0.15) is 10.8 Å². The number of thiophene rings is 1. The van der Waals surface area contributed by atoms with E-state index in [0.717, 1.165) is 35.5 Å². The molecule has 0 bridgehead atoms. The molecule has 1 amide bonds. The minimum atomic E-state index is -0.380. The van der Waals surface area contributed by atoms with Crippen molar-refractivity contribution in [2.45, 2.75) is 26.8 Å². The topological polar surface area (TPSA) is 67.9 Å². The number of amides is 1. The molecule has 152 valence electrons. The van der Waals surface area contributed by atoms with Gasteiger partial charge in [0.25, 0.3) is 5.91 Å². The van der Waals surface area contributed by atoms with Crippen LogP contribution in [0.5, 0.6) is 5.75 Å². The van der Waals surface area contributed by atoms with Crippen molar-refractivity contribution in [3.63, 3.8) is 0 Å². The van der Waals surface area contributed by atoms with Crippen LogP contribution in [0.4, 0.5) is 5.00 Å². The molecule has 2 aromatic rings. The van der Waals surface area contributed by atoms with Gasteiger partial charge >= 0.3 is 5.97 Å². The number of nitrogens with zero attached hydrogens (tertiary/aromatic N) is 1. The van der Waals surface area contributed by atoms with Gasteiger partial charge in [-0.05, 0) is 45.0 Å². The van der Waals surface area contributed by atoms with Crippen LogP contribution in [0.1, 0.15) is 33.3 Å². The Hall–Kier alpha value is -2.09. The zero-order chi connectivity index (χ0) is 19.4. The summed E-state index contributed by atoms with van der Waals surface area (Å²) in [6, 6.07) is 7.50. The van der Waals surface area contributed by atoms with E-state index in [0.29, 0.717) is 22.9 Å². The normalized spacial score (nSPS) is 13.2. The number of anilines is 1. The number of fused-ring (bicyclic) bond motifs is 1. The van der Waals surface area contributed by atoms with E-state index in [1.807, 2.05) is 38.2 Å². The average molecular weight is 425 g/mol. The summed E-state index contributed by atoms with van der Waals surface area (Å²) in [5.74, 6) is -0.0455. The van der Waals surface area contributed by atoms with Crippen LogP contribution in [0, 0.1) is 6.92 Å². The zero-order valence-electron chi connectivity index (χ0n) is 16.2. The van der Waals surface area contributed by atoms with Crippen molar-refractivity contribution in [3.8, 4) is 5.75 Å². The summed E-state index contributed by atoms with van der Waals surface area (Å²) in [5, 5.41) is 3.39. The Morgan fingerprint density at radius 1 is 1.25 bits per heavy atom. The highest BCUT2D eigenvalue weighted by atomic mass is 35.5. The van der Waals surface area contributed by atoms with E-state index in [-0.39, 0.29) is 30.9 Å². The summed E-state index contributed by atoms with van der Waals surface area (Å²) < 4.78 is 10.7. The van der Waals surface area contributed by atoms with Crippen LogP contribution in [-0.2, 0) is 22.5 Å². The van der Waals surface area contributed by atoms with Gasteiger partial charge in [-0.15, -0.1) is 23.7 Å². The lowest BCUT2D eigenvalue weighted by Gasteiger charge is -2.22. The molecule has 0 radical (unpaired) electrons. The smallest absolute Gasteiger partial charge is 0.341 e. The summed E-state index contributed by atoms with van der Waals surface area (Å²) in [5.41, 5.74) is 2.61. The molecule has 2 heterocycles. The SMILES string of the molecule is CCOC(=O)c1c(NC(=O)COc2ccc(C)cc2)sc2c1CCN(C)C2.Cl. The maximum Gasteiger partial charge on any atom is 0.341 e. The van der Waals surface area contributed by atoms with Crippen molar-refractivity contribution in [1.29, 1.82) is 0 Å². The highest BCUT2D eigenvalue weighted by molar-refractivity contribution is 7.17. The molecule has 0 atom stereocenters. The zero-order valence-corrected chi connectivity index (χ0v) is 17.9. The van der Waals surface area contributed by atoms with E-state index >= 15 is 0 Å². The molecule has 8 heteroatoms. The Labute approximate surface area is 175 Å². The monoisotopic (exact) mass is 424 g/mol. The van der Waals surface area contributed by atoms with Crippen LogP contribution < -0.4 is 10.1 Å². The van der Waals surface area contributed by atoms with Crippen LogP contribution in [0.15, 0.2) is 24.3 Å². The lowest BCUT2D eigenvalue weighted by molar-refractivity contribution is -0.118. The molecule has 0 fully saturated rings. The summed E-state index contributed by atoms with van der Waals surface area (Å²) in [4.78, 5) is 28.1.